The van der Waals surface area contributed by atoms with Gasteiger partial charge in [0.25, 0.3) is 0 Å². The lowest BCUT2D eigenvalue weighted by atomic mass is 10.3. The van der Waals surface area contributed by atoms with Gasteiger partial charge in [-0.2, -0.15) is 13.2 Å². The van der Waals surface area contributed by atoms with Crippen molar-refractivity contribution in [2.45, 2.75) is 32.4 Å². The first kappa shape index (κ1) is 14.2. The second-order valence-corrected chi connectivity index (χ2v) is 3.29. The van der Waals surface area contributed by atoms with Crippen molar-refractivity contribution in [2.24, 2.45) is 5.73 Å². The van der Waals surface area contributed by atoms with Crippen molar-refractivity contribution < 1.29 is 18.0 Å². The molecule has 0 aliphatic carbocycles. The topological polar surface area (TPSA) is 46.3 Å². The molecule has 0 fully saturated rings. The number of carbonyl (C=O) groups excluding carboxylic acids is 1. The van der Waals surface area contributed by atoms with E-state index in [1.807, 2.05) is 6.92 Å². The SMILES string of the molecule is CCCCN(CCCN)C(=O)C(F)(F)F. The molecule has 0 saturated heterocycles. The standard InChI is InChI=1S/C9H17F3N2O/c1-2-3-6-14(7-4-5-13)8(15)9(10,11)12/h2-7,13H2,1H3. The summed E-state index contributed by atoms with van der Waals surface area (Å²) in [5.41, 5.74) is 5.20. The Hall–Kier alpha value is -0.780. The number of hydrogen-bond donors (Lipinski definition) is 1. The second kappa shape index (κ2) is 6.66. The Bertz CT molecular complexity index is 186. The lowest BCUT2D eigenvalue weighted by Crippen LogP contribution is -2.42. The third-order valence-corrected chi connectivity index (χ3v) is 1.94. The Balaban J connectivity index is 4.27. The molecule has 0 aliphatic heterocycles. The zero-order chi connectivity index (χ0) is 11.9. The Labute approximate surface area is 87.4 Å². The fourth-order valence-electron chi connectivity index (χ4n) is 1.13. The van der Waals surface area contributed by atoms with E-state index in [0.717, 1.165) is 11.3 Å². The maximum Gasteiger partial charge on any atom is 0.471 e. The van der Waals surface area contributed by atoms with Crippen LogP contribution in [0.3, 0.4) is 0 Å². The number of halogens is 3. The van der Waals surface area contributed by atoms with Crippen LogP contribution in [0.25, 0.3) is 0 Å². The Morgan fingerprint density at radius 2 is 1.80 bits per heavy atom. The number of carbonyl (C=O) groups is 1. The molecule has 3 nitrogen and oxygen atoms in total. The fourth-order valence-corrected chi connectivity index (χ4v) is 1.13. The van der Waals surface area contributed by atoms with Crippen LogP contribution in [0.15, 0.2) is 0 Å². The Morgan fingerprint density at radius 1 is 1.27 bits per heavy atom. The van der Waals surface area contributed by atoms with E-state index in [4.69, 9.17) is 5.73 Å². The number of nitrogens with two attached hydrogens (primary N) is 1. The van der Waals surface area contributed by atoms with Crippen molar-refractivity contribution in [2.75, 3.05) is 19.6 Å². The number of amides is 1. The smallest absolute Gasteiger partial charge is 0.335 e. The number of nitrogens with zero attached hydrogens (tertiary/aromatic N) is 1. The van der Waals surface area contributed by atoms with Gasteiger partial charge in [-0.1, -0.05) is 13.3 Å². The van der Waals surface area contributed by atoms with Crippen molar-refractivity contribution in [3.8, 4) is 0 Å². The molecule has 0 rings (SSSR count). The van der Waals surface area contributed by atoms with Gasteiger partial charge in [-0.05, 0) is 19.4 Å². The van der Waals surface area contributed by atoms with Crippen molar-refractivity contribution >= 4 is 5.91 Å². The van der Waals surface area contributed by atoms with Crippen LogP contribution in [0.5, 0.6) is 0 Å². The number of unbranched alkanes of at least 4 members (excludes halogenated alkanes) is 1. The van der Waals surface area contributed by atoms with Crippen LogP contribution in [0.4, 0.5) is 13.2 Å². The number of hydrogen-bond acceptors (Lipinski definition) is 2. The van der Waals surface area contributed by atoms with Crippen LogP contribution in [0, 0.1) is 0 Å². The van der Waals surface area contributed by atoms with Gasteiger partial charge in [0.2, 0.25) is 0 Å². The molecule has 90 valence electrons. The van der Waals surface area contributed by atoms with E-state index in [9.17, 15) is 18.0 Å². The largest absolute Gasteiger partial charge is 0.471 e. The average molecular weight is 226 g/mol. The molecule has 1 amide bonds. The molecule has 0 bridgehead atoms. The fraction of sp³-hybridized carbons (Fsp3) is 0.889. The van der Waals surface area contributed by atoms with E-state index in [0.29, 0.717) is 12.8 Å². The minimum Gasteiger partial charge on any atom is -0.335 e. The molecular weight excluding hydrogens is 209 g/mol. The van der Waals surface area contributed by atoms with Crippen LogP contribution in [0.1, 0.15) is 26.2 Å². The number of rotatable bonds is 6. The Morgan fingerprint density at radius 3 is 2.20 bits per heavy atom. The van der Waals surface area contributed by atoms with Gasteiger partial charge in [-0.15, -0.1) is 0 Å². The van der Waals surface area contributed by atoms with Crippen molar-refractivity contribution in [3.05, 3.63) is 0 Å². The second-order valence-electron chi connectivity index (χ2n) is 3.29. The molecular formula is C9H17F3N2O. The summed E-state index contributed by atoms with van der Waals surface area (Å²) >= 11 is 0. The monoisotopic (exact) mass is 226 g/mol. The summed E-state index contributed by atoms with van der Waals surface area (Å²) < 4.78 is 36.4. The summed E-state index contributed by atoms with van der Waals surface area (Å²) in [6.45, 7) is 2.37. The molecule has 0 atom stereocenters. The van der Waals surface area contributed by atoms with E-state index in [1.54, 1.807) is 0 Å². The van der Waals surface area contributed by atoms with Gasteiger partial charge < -0.3 is 10.6 Å². The quantitative estimate of drug-likeness (QED) is 0.746. The van der Waals surface area contributed by atoms with Gasteiger partial charge in [0.1, 0.15) is 0 Å². The highest BCUT2D eigenvalue weighted by Crippen LogP contribution is 2.18. The predicted octanol–water partition coefficient (Wildman–Crippen LogP) is 1.53. The maximum atomic E-state index is 12.1. The summed E-state index contributed by atoms with van der Waals surface area (Å²) in [4.78, 5) is 11.8. The van der Waals surface area contributed by atoms with Gasteiger partial charge in [0, 0.05) is 13.1 Å². The molecule has 15 heavy (non-hydrogen) atoms. The van der Waals surface area contributed by atoms with Gasteiger partial charge >= 0.3 is 12.1 Å². The van der Waals surface area contributed by atoms with Crippen LogP contribution >= 0.6 is 0 Å². The molecule has 0 spiro atoms. The van der Waals surface area contributed by atoms with Crippen LogP contribution in [-0.4, -0.2) is 36.6 Å². The van der Waals surface area contributed by atoms with Crippen molar-refractivity contribution in [3.63, 3.8) is 0 Å². The highest BCUT2D eigenvalue weighted by Gasteiger charge is 2.41. The van der Waals surface area contributed by atoms with Crippen LogP contribution in [-0.2, 0) is 4.79 Å². The summed E-state index contributed by atoms with van der Waals surface area (Å²) in [6.07, 6.45) is -3.05. The molecule has 0 saturated carbocycles. The zero-order valence-electron chi connectivity index (χ0n) is 8.81. The molecule has 0 aliphatic rings. The molecule has 0 aromatic heterocycles. The maximum absolute atomic E-state index is 12.1. The first-order valence-electron chi connectivity index (χ1n) is 4.99. The first-order chi connectivity index (χ1) is 6.93. The van der Waals surface area contributed by atoms with E-state index in [-0.39, 0.29) is 19.6 Å². The Kier molecular flexibility index (Phi) is 6.31. The summed E-state index contributed by atoms with van der Waals surface area (Å²) in [5.74, 6) is -1.76. The van der Waals surface area contributed by atoms with Crippen LogP contribution in [0.2, 0.25) is 0 Å². The van der Waals surface area contributed by atoms with Crippen molar-refractivity contribution in [1.29, 1.82) is 0 Å². The summed E-state index contributed by atoms with van der Waals surface area (Å²) in [6, 6.07) is 0. The minimum atomic E-state index is -4.78. The average Bonchev–Trinajstić information content (AvgIpc) is 2.16. The third kappa shape index (κ3) is 5.61. The first-order valence-corrected chi connectivity index (χ1v) is 4.99. The van der Waals surface area contributed by atoms with Gasteiger partial charge in [-0.25, -0.2) is 0 Å². The predicted molar refractivity (Wildman–Crippen MR) is 51.2 cm³/mol. The van der Waals surface area contributed by atoms with E-state index >= 15 is 0 Å². The van der Waals surface area contributed by atoms with Gasteiger partial charge in [0.05, 0.1) is 0 Å². The van der Waals surface area contributed by atoms with E-state index in [1.165, 1.54) is 0 Å². The number of alkyl halides is 3. The normalized spacial score (nSPS) is 11.5. The van der Waals surface area contributed by atoms with Crippen LogP contribution < -0.4 is 5.73 Å². The van der Waals surface area contributed by atoms with Crippen molar-refractivity contribution in [1.82, 2.24) is 4.90 Å². The molecule has 0 aromatic carbocycles. The van der Waals surface area contributed by atoms with E-state index < -0.39 is 12.1 Å². The third-order valence-electron chi connectivity index (χ3n) is 1.94. The molecule has 2 N–H and O–H groups in total. The molecule has 0 heterocycles. The molecule has 0 aromatic rings. The lowest BCUT2D eigenvalue weighted by molar-refractivity contribution is -0.185. The highest BCUT2D eigenvalue weighted by molar-refractivity contribution is 5.81. The zero-order valence-corrected chi connectivity index (χ0v) is 8.81. The molecule has 0 unspecified atom stereocenters. The molecule has 6 heteroatoms. The van der Waals surface area contributed by atoms with Gasteiger partial charge in [0.15, 0.2) is 0 Å². The summed E-state index contributed by atoms with van der Waals surface area (Å²) in [7, 11) is 0. The highest BCUT2D eigenvalue weighted by atomic mass is 19.4. The van der Waals surface area contributed by atoms with E-state index in [2.05, 4.69) is 0 Å². The van der Waals surface area contributed by atoms with Gasteiger partial charge in [-0.3, -0.25) is 4.79 Å². The molecule has 0 radical (unpaired) electrons. The minimum absolute atomic E-state index is 0.0782. The summed E-state index contributed by atoms with van der Waals surface area (Å²) in [5, 5.41) is 0. The lowest BCUT2D eigenvalue weighted by Gasteiger charge is -2.23.